The van der Waals surface area contributed by atoms with E-state index >= 15 is 0 Å². The van der Waals surface area contributed by atoms with Crippen LogP contribution in [0.5, 0.6) is 5.75 Å². The molecule has 2 N–H and O–H groups in total. The van der Waals surface area contributed by atoms with Crippen molar-refractivity contribution >= 4 is 5.97 Å². The predicted molar refractivity (Wildman–Crippen MR) is 70.3 cm³/mol. The second-order valence-corrected chi connectivity index (χ2v) is 4.66. The molecule has 1 aromatic rings. The minimum absolute atomic E-state index is 0.132. The van der Waals surface area contributed by atoms with E-state index in [1.54, 1.807) is 13.8 Å². The Kier molecular flexibility index (Phi) is 5.88. The summed E-state index contributed by atoms with van der Waals surface area (Å²) < 4.78 is 36.1. The van der Waals surface area contributed by atoms with E-state index in [4.69, 9.17) is 15.2 Å². The van der Waals surface area contributed by atoms with Crippen LogP contribution >= 0.6 is 0 Å². The number of carbonyl (C=O) groups is 1. The Hall–Kier alpha value is -1.69. The average molecular weight is 287 g/mol. The van der Waals surface area contributed by atoms with Crippen molar-refractivity contribution in [1.82, 2.24) is 0 Å². The van der Waals surface area contributed by atoms with Crippen molar-refractivity contribution in [2.45, 2.75) is 32.2 Å². The lowest BCUT2D eigenvalue weighted by Gasteiger charge is -2.22. The van der Waals surface area contributed by atoms with Gasteiger partial charge in [-0.05, 0) is 38.8 Å². The highest BCUT2D eigenvalue weighted by atomic mass is 19.1. The van der Waals surface area contributed by atoms with Gasteiger partial charge in [0.15, 0.2) is 11.6 Å². The second-order valence-electron chi connectivity index (χ2n) is 4.66. The van der Waals surface area contributed by atoms with Crippen LogP contribution in [-0.2, 0) is 9.53 Å². The maximum Gasteiger partial charge on any atom is 0.325 e. The summed E-state index contributed by atoms with van der Waals surface area (Å²) in [7, 11) is 0. The van der Waals surface area contributed by atoms with Gasteiger partial charge in [-0.2, -0.15) is 0 Å². The highest BCUT2D eigenvalue weighted by molar-refractivity contribution is 5.79. The number of carbonyl (C=O) groups excluding carboxylic acids is 1. The van der Waals surface area contributed by atoms with Gasteiger partial charge in [0.05, 0.1) is 13.2 Å². The molecule has 0 saturated heterocycles. The van der Waals surface area contributed by atoms with Crippen LogP contribution in [-0.4, -0.2) is 24.7 Å². The summed E-state index contributed by atoms with van der Waals surface area (Å²) in [5.74, 6) is -1.85. The average Bonchev–Trinajstić information content (AvgIpc) is 2.39. The number of esters is 1. The fourth-order valence-corrected chi connectivity index (χ4v) is 1.61. The van der Waals surface area contributed by atoms with Crippen molar-refractivity contribution in [2.75, 3.05) is 13.2 Å². The third-order valence-electron chi connectivity index (χ3n) is 2.73. The van der Waals surface area contributed by atoms with Gasteiger partial charge < -0.3 is 15.2 Å². The topological polar surface area (TPSA) is 61.5 Å². The number of benzene rings is 1. The van der Waals surface area contributed by atoms with Crippen LogP contribution in [0.2, 0.25) is 0 Å². The molecule has 0 aliphatic carbocycles. The summed E-state index contributed by atoms with van der Waals surface area (Å²) in [6.07, 6.45) is 0.741. The zero-order chi connectivity index (χ0) is 15.2. The molecule has 6 heteroatoms. The number of rotatable bonds is 7. The molecule has 0 aromatic heterocycles. The minimum atomic E-state index is -1.11. The van der Waals surface area contributed by atoms with Gasteiger partial charge in [0.2, 0.25) is 0 Å². The molecule has 0 heterocycles. The first-order valence-electron chi connectivity index (χ1n) is 6.41. The van der Waals surface area contributed by atoms with Crippen LogP contribution in [0.25, 0.3) is 0 Å². The molecule has 4 nitrogen and oxygen atoms in total. The standard InChI is InChI=1S/C14H19F2NO3/c1-3-19-13(18)14(2,17)7-4-8-20-12-9-10(15)5-6-11(12)16/h5-6,9H,3-4,7-8,17H2,1-2H3. The Morgan fingerprint density at radius 1 is 1.40 bits per heavy atom. The number of hydrogen-bond acceptors (Lipinski definition) is 4. The Morgan fingerprint density at radius 2 is 2.10 bits per heavy atom. The van der Waals surface area contributed by atoms with Crippen LogP contribution in [0.4, 0.5) is 8.78 Å². The van der Waals surface area contributed by atoms with E-state index in [2.05, 4.69) is 0 Å². The molecule has 1 aromatic carbocycles. The van der Waals surface area contributed by atoms with Crippen molar-refractivity contribution in [3.63, 3.8) is 0 Å². The number of ether oxygens (including phenoxy) is 2. The number of hydrogen-bond donors (Lipinski definition) is 1. The van der Waals surface area contributed by atoms with Gasteiger partial charge in [-0.1, -0.05) is 0 Å². The molecule has 0 radical (unpaired) electrons. The predicted octanol–water partition coefficient (Wildman–Crippen LogP) is 2.40. The van der Waals surface area contributed by atoms with Crippen molar-refractivity contribution in [1.29, 1.82) is 0 Å². The molecule has 1 rings (SSSR count). The van der Waals surface area contributed by atoms with Crippen molar-refractivity contribution < 1.29 is 23.0 Å². The highest BCUT2D eigenvalue weighted by Gasteiger charge is 2.29. The first kappa shape index (κ1) is 16.4. The fourth-order valence-electron chi connectivity index (χ4n) is 1.61. The second kappa shape index (κ2) is 7.19. The molecular weight excluding hydrogens is 268 g/mol. The monoisotopic (exact) mass is 287 g/mol. The Bertz CT molecular complexity index is 464. The van der Waals surface area contributed by atoms with Crippen LogP contribution in [0.15, 0.2) is 18.2 Å². The zero-order valence-electron chi connectivity index (χ0n) is 11.6. The van der Waals surface area contributed by atoms with E-state index in [0.717, 1.165) is 18.2 Å². The largest absolute Gasteiger partial charge is 0.490 e. The SMILES string of the molecule is CCOC(=O)C(C)(N)CCCOc1cc(F)ccc1F. The van der Waals surface area contributed by atoms with E-state index < -0.39 is 23.1 Å². The van der Waals surface area contributed by atoms with Gasteiger partial charge in [0.25, 0.3) is 0 Å². The third-order valence-corrected chi connectivity index (χ3v) is 2.73. The van der Waals surface area contributed by atoms with Gasteiger partial charge in [0.1, 0.15) is 11.4 Å². The molecule has 20 heavy (non-hydrogen) atoms. The Morgan fingerprint density at radius 3 is 2.75 bits per heavy atom. The lowest BCUT2D eigenvalue weighted by atomic mass is 9.98. The normalized spacial score (nSPS) is 13.7. The molecule has 1 unspecified atom stereocenters. The summed E-state index contributed by atoms with van der Waals surface area (Å²) in [4.78, 5) is 11.5. The molecule has 0 spiro atoms. The van der Waals surface area contributed by atoms with Gasteiger partial charge >= 0.3 is 5.97 Å². The third kappa shape index (κ3) is 4.77. The summed E-state index contributed by atoms with van der Waals surface area (Å²) in [5.41, 5.74) is 4.70. The molecule has 0 aliphatic rings. The lowest BCUT2D eigenvalue weighted by Crippen LogP contribution is -2.46. The zero-order valence-corrected chi connectivity index (χ0v) is 11.6. The maximum atomic E-state index is 13.3. The molecule has 0 saturated carbocycles. The highest BCUT2D eigenvalue weighted by Crippen LogP contribution is 2.19. The van der Waals surface area contributed by atoms with Crippen molar-refractivity contribution in [2.24, 2.45) is 5.73 Å². The summed E-state index contributed by atoms with van der Waals surface area (Å²) in [5, 5.41) is 0. The van der Waals surface area contributed by atoms with E-state index in [0.29, 0.717) is 12.8 Å². The molecule has 0 amide bonds. The first-order chi connectivity index (χ1) is 9.36. The van der Waals surface area contributed by atoms with E-state index in [-0.39, 0.29) is 19.0 Å². The Labute approximate surface area is 116 Å². The number of nitrogens with two attached hydrogens (primary N) is 1. The van der Waals surface area contributed by atoms with E-state index in [1.165, 1.54) is 0 Å². The van der Waals surface area contributed by atoms with E-state index in [9.17, 15) is 13.6 Å². The minimum Gasteiger partial charge on any atom is -0.490 e. The molecule has 0 bridgehead atoms. The van der Waals surface area contributed by atoms with Crippen LogP contribution in [0.3, 0.4) is 0 Å². The molecular formula is C14H19F2NO3. The molecule has 112 valence electrons. The first-order valence-corrected chi connectivity index (χ1v) is 6.41. The van der Waals surface area contributed by atoms with Gasteiger partial charge in [-0.3, -0.25) is 4.79 Å². The van der Waals surface area contributed by atoms with Gasteiger partial charge in [0, 0.05) is 6.07 Å². The van der Waals surface area contributed by atoms with Crippen LogP contribution in [0, 0.1) is 11.6 Å². The molecule has 0 aliphatic heterocycles. The van der Waals surface area contributed by atoms with Gasteiger partial charge in [-0.25, -0.2) is 8.78 Å². The van der Waals surface area contributed by atoms with Crippen LogP contribution in [0.1, 0.15) is 26.7 Å². The quantitative estimate of drug-likeness (QED) is 0.618. The molecule has 1 atom stereocenters. The molecule has 0 fully saturated rings. The Balaban J connectivity index is 2.41. The van der Waals surface area contributed by atoms with E-state index in [1.807, 2.05) is 0 Å². The van der Waals surface area contributed by atoms with Crippen molar-refractivity contribution in [3.05, 3.63) is 29.8 Å². The lowest BCUT2D eigenvalue weighted by molar-refractivity contribution is -0.149. The fraction of sp³-hybridized carbons (Fsp3) is 0.500. The smallest absolute Gasteiger partial charge is 0.325 e. The van der Waals surface area contributed by atoms with Crippen LogP contribution < -0.4 is 10.5 Å². The van der Waals surface area contributed by atoms with Gasteiger partial charge in [-0.15, -0.1) is 0 Å². The maximum absolute atomic E-state index is 13.3. The summed E-state index contributed by atoms with van der Waals surface area (Å²) >= 11 is 0. The summed E-state index contributed by atoms with van der Waals surface area (Å²) in [6.45, 7) is 3.65. The summed E-state index contributed by atoms with van der Waals surface area (Å²) in [6, 6.07) is 2.98. The van der Waals surface area contributed by atoms with Crippen molar-refractivity contribution in [3.8, 4) is 5.75 Å². The number of halogens is 2.